The van der Waals surface area contributed by atoms with Crippen molar-refractivity contribution >= 4 is 48.6 Å². The molecule has 6 heteroatoms. The maximum atomic E-state index is 13.3. The molecule has 0 bridgehead atoms. The van der Waals surface area contributed by atoms with Crippen molar-refractivity contribution in [2.75, 3.05) is 6.61 Å². The third kappa shape index (κ3) is 2.95. The fourth-order valence-electron chi connectivity index (χ4n) is 2.30. The lowest BCUT2D eigenvalue weighted by atomic mass is 9.98. The molecule has 0 spiro atoms. The molecule has 2 N–H and O–H groups in total. The van der Waals surface area contributed by atoms with Gasteiger partial charge in [0.15, 0.2) is 5.78 Å². The molecule has 0 saturated carbocycles. The van der Waals surface area contributed by atoms with Crippen molar-refractivity contribution in [3.63, 3.8) is 0 Å². The summed E-state index contributed by atoms with van der Waals surface area (Å²) >= 11 is 6.74. The van der Waals surface area contributed by atoms with Crippen molar-refractivity contribution in [2.45, 2.75) is 13.0 Å². The van der Waals surface area contributed by atoms with Crippen LogP contribution in [0.2, 0.25) is 0 Å². The van der Waals surface area contributed by atoms with Gasteiger partial charge in [0.1, 0.15) is 17.4 Å². The number of ketones is 1. The number of aliphatic hydroxyl groups is 2. The van der Waals surface area contributed by atoms with Gasteiger partial charge in [-0.15, -0.1) is 0 Å². The normalized spacial score (nSPS) is 14.9. The zero-order valence-electron chi connectivity index (χ0n) is 16.4. The molecule has 0 aliphatic carbocycles. The number of aliphatic hydroxyl groups excluding tert-OH is 2. The summed E-state index contributed by atoms with van der Waals surface area (Å²) in [5.74, 6) is -0.907. The summed E-state index contributed by atoms with van der Waals surface area (Å²) < 4.78 is 38.7. The van der Waals surface area contributed by atoms with Crippen LogP contribution in [0.25, 0.3) is 11.0 Å². The number of para-hydroxylation sites is 1. The maximum Gasteiger partial charge on any atom is 0.197 e. The molecule has 1 atom stereocenters. The van der Waals surface area contributed by atoms with E-state index in [0.717, 1.165) is 5.56 Å². The molecule has 1 aromatic heterocycles. The minimum absolute atomic E-state index is 0.133. The Morgan fingerprint density at radius 2 is 1.92 bits per heavy atom. The van der Waals surface area contributed by atoms with Crippen LogP contribution in [0.3, 0.4) is 0 Å². The van der Waals surface area contributed by atoms with E-state index in [1.165, 1.54) is 0 Å². The van der Waals surface area contributed by atoms with Crippen LogP contribution in [-0.4, -0.2) is 22.6 Å². The molecule has 2 aromatic carbocycles. The summed E-state index contributed by atoms with van der Waals surface area (Å²) in [6.45, 7) is 1.09. The molecule has 124 valence electrons. The monoisotopic (exact) mass is 456 g/mol. The fourth-order valence-corrected chi connectivity index (χ4v) is 3.49. The highest BCUT2D eigenvalue weighted by atomic mass is 79.9. The molecule has 0 aliphatic heterocycles. The van der Waals surface area contributed by atoms with Gasteiger partial charge in [-0.3, -0.25) is 4.79 Å². The molecule has 1 unspecified atom stereocenters. The number of carbonyl (C=O) groups is 1. The van der Waals surface area contributed by atoms with E-state index < -0.39 is 42.7 Å². The first-order valence-electron chi connectivity index (χ1n) is 8.92. The highest BCUT2D eigenvalue weighted by molar-refractivity contribution is 9.11. The summed E-state index contributed by atoms with van der Waals surface area (Å²) in [7, 11) is 0. The first-order valence-corrected chi connectivity index (χ1v) is 8.50. The smallest absolute Gasteiger partial charge is 0.197 e. The largest absolute Gasteiger partial charge is 0.457 e. The second-order valence-electron chi connectivity index (χ2n) is 5.14. The summed E-state index contributed by atoms with van der Waals surface area (Å²) in [6.07, 6.45) is -1.56. The molecule has 24 heavy (non-hydrogen) atoms. The lowest BCUT2D eigenvalue weighted by Gasteiger charge is -2.09. The predicted molar refractivity (Wildman–Crippen MR) is 98.3 cm³/mol. The Morgan fingerprint density at radius 3 is 2.54 bits per heavy atom. The van der Waals surface area contributed by atoms with Gasteiger partial charge in [0, 0.05) is 19.9 Å². The zero-order valence-corrected chi connectivity index (χ0v) is 15.6. The van der Waals surface area contributed by atoms with E-state index in [2.05, 4.69) is 31.9 Å². The molecule has 4 nitrogen and oxygen atoms in total. The van der Waals surface area contributed by atoms with Crippen LogP contribution < -0.4 is 0 Å². The predicted octanol–water partition coefficient (Wildman–Crippen LogP) is 4.52. The van der Waals surface area contributed by atoms with Gasteiger partial charge in [-0.05, 0) is 30.7 Å². The van der Waals surface area contributed by atoms with E-state index >= 15 is 0 Å². The summed E-state index contributed by atoms with van der Waals surface area (Å²) in [6, 6.07) is 1.18. The molecule has 0 fully saturated rings. The number of rotatable bonds is 4. The quantitative estimate of drug-likeness (QED) is 0.565. The number of hydrogen-bond acceptors (Lipinski definition) is 4. The number of fused-ring (bicyclic) bond motifs is 1. The summed E-state index contributed by atoms with van der Waals surface area (Å²) in [4.78, 5) is 13.3. The number of benzene rings is 2. The minimum atomic E-state index is -1.56. The molecule has 0 saturated heterocycles. The lowest BCUT2D eigenvalue weighted by Crippen LogP contribution is -2.09. The SMILES string of the molecule is [2H]c1c([2H])c([2H])c2c(C(=O)c3cc(Br)c(C)c(Br)c3)c(C(O)CO)oc2c1[2H]. The average Bonchev–Trinajstić information content (AvgIpc) is 3.07. The first kappa shape index (κ1) is 12.8. The van der Waals surface area contributed by atoms with Crippen molar-refractivity contribution in [2.24, 2.45) is 0 Å². The van der Waals surface area contributed by atoms with E-state index in [1.54, 1.807) is 12.1 Å². The van der Waals surface area contributed by atoms with E-state index in [4.69, 9.17) is 9.90 Å². The first-order chi connectivity index (χ1) is 13.1. The second-order valence-corrected chi connectivity index (χ2v) is 6.85. The van der Waals surface area contributed by atoms with Crippen LogP contribution in [-0.2, 0) is 0 Å². The Labute approximate surface area is 161 Å². The van der Waals surface area contributed by atoms with Gasteiger partial charge in [-0.2, -0.15) is 0 Å². The van der Waals surface area contributed by atoms with E-state index in [0.29, 0.717) is 8.95 Å². The van der Waals surface area contributed by atoms with Gasteiger partial charge >= 0.3 is 0 Å². The number of carbonyl (C=O) groups excluding carboxylic acids is 1. The van der Waals surface area contributed by atoms with Crippen LogP contribution in [0.4, 0.5) is 0 Å². The van der Waals surface area contributed by atoms with Crippen LogP contribution >= 0.6 is 31.9 Å². The van der Waals surface area contributed by atoms with Crippen molar-refractivity contribution in [1.82, 2.24) is 0 Å². The summed E-state index contributed by atoms with van der Waals surface area (Å²) in [5.41, 5.74) is 0.630. The molecule has 0 radical (unpaired) electrons. The van der Waals surface area contributed by atoms with Crippen LogP contribution in [0.15, 0.2) is 49.7 Å². The Balaban J connectivity index is 2.40. The van der Waals surface area contributed by atoms with Crippen molar-refractivity contribution in [3.05, 3.63) is 67.7 Å². The van der Waals surface area contributed by atoms with Gasteiger partial charge in [0.05, 0.1) is 17.7 Å². The molecule has 3 rings (SSSR count). The van der Waals surface area contributed by atoms with Gasteiger partial charge in [-0.1, -0.05) is 50.0 Å². The molecule has 0 amide bonds. The molecular weight excluding hydrogens is 440 g/mol. The Morgan fingerprint density at radius 1 is 1.29 bits per heavy atom. The topological polar surface area (TPSA) is 70.7 Å². The lowest BCUT2D eigenvalue weighted by molar-refractivity contribution is 0.0768. The number of hydrogen-bond donors (Lipinski definition) is 2. The van der Waals surface area contributed by atoms with Crippen molar-refractivity contribution in [1.29, 1.82) is 0 Å². The standard InChI is InChI=1S/C18H14Br2O4/c1-9-12(19)6-10(7-13(9)20)17(23)16-11-4-2-3-5-15(11)24-18(16)14(22)8-21/h2-7,14,21-22H,8H2,1H3/i2D,3D,4D,5D. The third-order valence-electron chi connectivity index (χ3n) is 3.61. The highest BCUT2D eigenvalue weighted by Crippen LogP contribution is 2.34. The van der Waals surface area contributed by atoms with E-state index in [1.807, 2.05) is 6.92 Å². The third-order valence-corrected chi connectivity index (χ3v) is 5.25. The minimum Gasteiger partial charge on any atom is -0.457 e. The van der Waals surface area contributed by atoms with Crippen LogP contribution in [0, 0.1) is 6.92 Å². The molecule has 3 aromatic rings. The number of furan rings is 1. The highest BCUT2D eigenvalue weighted by Gasteiger charge is 2.26. The molecule has 1 heterocycles. The number of halogens is 2. The van der Waals surface area contributed by atoms with E-state index in [9.17, 15) is 15.0 Å². The second kappa shape index (κ2) is 6.80. The van der Waals surface area contributed by atoms with Gasteiger partial charge in [-0.25, -0.2) is 0 Å². The molecular formula is C18H14Br2O4. The Bertz CT molecular complexity index is 1100. The van der Waals surface area contributed by atoms with Gasteiger partial charge in [0.25, 0.3) is 0 Å². The summed E-state index contributed by atoms with van der Waals surface area (Å²) in [5, 5.41) is 19.4. The van der Waals surface area contributed by atoms with Crippen LogP contribution in [0.5, 0.6) is 0 Å². The Kier molecular flexibility index (Phi) is 3.64. The average molecular weight is 458 g/mol. The zero-order chi connectivity index (χ0) is 20.9. The van der Waals surface area contributed by atoms with E-state index in [-0.39, 0.29) is 27.9 Å². The van der Waals surface area contributed by atoms with Gasteiger partial charge < -0.3 is 14.6 Å². The van der Waals surface area contributed by atoms with Crippen molar-refractivity contribution in [3.8, 4) is 0 Å². The maximum absolute atomic E-state index is 13.3. The molecule has 0 aliphatic rings. The van der Waals surface area contributed by atoms with Gasteiger partial charge in [0.2, 0.25) is 0 Å². The fraction of sp³-hybridized carbons (Fsp3) is 0.167. The van der Waals surface area contributed by atoms with Crippen LogP contribution in [0.1, 0.15) is 38.8 Å². The Hall–Kier alpha value is -1.47. The van der Waals surface area contributed by atoms with Crippen molar-refractivity contribution < 1.29 is 24.9 Å².